The molecule has 1 atom stereocenters. The third-order valence-corrected chi connectivity index (χ3v) is 5.51. The first-order valence-electron chi connectivity index (χ1n) is 9.94. The summed E-state index contributed by atoms with van der Waals surface area (Å²) in [4.78, 5) is 31.0. The summed E-state index contributed by atoms with van der Waals surface area (Å²) in [6.07, 6.45) is 0.312. The molecule has 29 heavy (non-hydrogen) atoms. The van der Waals surface area contributed by atoms with Crippen molar-refractivity contribution in [2.24, 2.45) is 0 Å². The summed E-state index contributed by atoms with van der Waals surface area (Å²) in [7, 11) is 1.60. The van der Waals surface area contributed by atoms with Crippen molar-refractivity contribution in [3.05, 3.63) is 54.6 Å². The number of anilines is 2. The van der Waals surface area contributed by atoms with Crippen molar-refractivity contribution < 1.29 is 14.3 Å². The molecule has 2 heterocycles. The van der Waals surface area contributed by atoms with E-state index in [0.717, 1.165) is 18.8 Å². The van der Waals surface area contributed by atoms with E-state index < -0.39 is 0 Å². The minimum Gasteiger partial charge on any atom is -0.497 e. The predicted molar refractivity (Wildman–Crippen MR) is 113 cm³/mol. The molecule has 2 aromatic rings. The van der Waals surface area contributed by atoms with E-state index in [9.17, 15) is 9.59 Å². The quantitative estimate of drug-likeness (QED) is 0.865. The van der Waals surface area contributed by atoms with Gasteiger partial charge in [-0.3, -0.25) is 4.79 Å². The van der Waals surface area contributed by atoms with E-state index in [1.54, 1.807) is 12.0 Å². The van der Waals surface area contributed by atoms with Gasteiger partial charge in [-0.2, -0.15) is 0 Å². The van der Waals surface area contributed by atoms with Crippen molar-refractivity contribution >= 4 is 23.3 Å². The normalized spacial score (nSPS) is 19.4. The number of carbonyl (C=O) groups excluding carboxylic acids is 2. The van der Waals surface area contributed by atoms with E-state index in [2.05, 4.69) is 22.3 Å². The number of nitrogens with zero attached hydrogens (tertiary/aromatic N) is 3. The van der Waals surface area contributed by atoms with Gasteiger partial charge in [-0.05, 0) is 24.3 Å². The lowest BCUT2D eigenvalue weighted by Gasteiger charge is -2.36. The molecule has 3 amide bonds. The van der Waals surface area contributed by atoms with Crippen molar-refractivity contribution in [3.63, 3.8) is 0 Å². The number of benzene rings is 2. The molecule has 2 aliphatic heterocycles. The van der Waals surface area contributed by atoms with Crippen molar-refractivity contribution in [1.29, 1.82) is 0 Å². The molecule has 4 rings (SSSR count). The summed E-state index contributed by atoms with van der Waals surface area (Å²) in [6.45, 7) is 3.41. The minimum atomic E-state index is -0.187. The number of hydrogen-bond acceptors (Lipinski definition) is 4. The number of piperazine rings is 1. The third kappa shape index (κ3) is 4.29. The van der Waals surface area contributed by atoms with Crippen molar-refractivity contribution in [2.45, 2.75) is 12.5 Å². The van der Waals surface area contributed by atoms with Crippen molar-refractivity contribution in [1.82, 2.24) is 10.2 Å². The van der Waals surface area contributed by atoms with E-state index >= 15 is 0 Å². The Labute approximate surface area is 170 Å². The van der Waals surface area contributed by atoms with Gasteiger partial charge in [-0.15, -0.1) is 0 Å². The zero-order valence-electron chi connectivity index (χ0n) is 16.6. The molecular weight excluding hydrogens is 368 g/mol. The summed E-state index contributed by atoms with van der Waals surface area (Å²) in [5.41, 5.74) is 1.98. The van der Waals surface area contributed by atoms with Gasteiger partial charge in [0.2, 0.25) is 5.91 Å². The molecule has 7 heteroatoms. The van der Waals surface area contributed by atoms with Gasteiger partial charge in [0.1, 0.15) is 5.75 Å². The van der Waals surface area contributed by atoms with E-state index in [1.165, 1.54) is 5.69 Å². The number of hydrogen-bond donors (Lipinski definition) is 1. The number of amides is 3. The fraction of sp³-hybridized carbons (Fsp3) is 0.364. The zero-order valence-corrected chi connectivity index (χ0v) is 16.6. The highest BCUT2D eigenvalue weighted by Crippen LogP contribution is 2.25. The third-order valence-electron chi connectivity index (χ3n) is 5.51. The molecule has 2 aromatic carbocycles. The molecular formula is C22H26N4O3. The number of nitrogens with one attached hydrogen (secondary N) is 1. The average Bonchev–Trinajstić information content (AvgIpc) is 3.14. The van der Waals surface area contributed by atoms with Gasteiger partial charge in [-0.1, -0.05) is 24.3 Å². The first kappa shape index (κ1) is 19.1. The van der Waals surface area contributed by atoms with E-state index in [4.69, 9.17) is 4.74 Å². The van der Waals surface area contributed by atoms with Crippen LogP contribution >= 0.6 is 0 Å². The molecule has 0 radical (unpaired) electrons. The van der Waals surface area contributed by atoms with Gasteiger partial charge in [-0.25, -0.2) is 4.79 Å². The fourth-order valence-electron chi connectivity index (χ4n) is 3.90. The summed E-state index contributed by atoms with van der Waals surface area (Å²) in [5.74, 6) is 0.719. The van der Waals surface area contributed by atoms with Gasteiger partial charge in [0, 0.05) is 56.6 Å². The van der Waals surface area contributed by atoms with Gasteiger partial charge in [0.25, 0.3) is 0 Å². The summed E-state index contributed by atoms with van der Waals surface area (Å²) < 4.78 is 5.24. The molecule has 0 saturated carbocycles. The number of para-hydroxylation sites is 1. The molecule has 2 saturated heterocycles. The van der Waals surface area contributed by atoms with Crippen LogP contribution in [0.1, 0.15) is 6.42 Å². The lowest BCUT2D eigenvalue weighted by molar-refractivity contribution is -0.117. The predicted octanol–water partition coefficient (Wildman–Crippen LogP) is 2.33. The Balaban J connectivity index is 1.31. The number of ether oxygens (including phenoxy) is 1. The molecule has 0 bridgehead atoms. The van der Waals surface area contributed by atoms with E-state index in [1.807, 2.05) is 47.4 Å². The van der Waals surface area contributed by atoms with Crippen molar-refractivity contribution in [2.75, 3.05) is 49.6 Å². The Morgan fingerprint density at radius 3 is 2.45 bits per heavy atom. The van der Waals surface area contributed by atoms with E-state index in [0.29, 0.717) is 31.8 Å². The van der Waals surface area contributed by atoms with Gasteiger partial charge >= 0.3 is 6.03 Å². The molecule has 2 fully saturated rings. The van der Waals surface area contributed by atoms with Crippen LogP contribution in [0.15, 0.2) is 54.6 Å². The highest BCUT2D eigenvalue weighted by Gasteiger charge is 2.33. The van der Waals surface area contributed by atoms with Crippen LogP contribution in [-0.2, 0) is 4.79 Å². The molecule has 0 spiro atoms. The summed E-state index contributed by atoms with van der Waals surface area (Å²) in [5, 5.41) is 3.04. The van der Waals surface area contributed by atoms with Gasteiger partial charge < -0.3 is 24.8 Å². The Bertz CT molecular complexity index is 865. The van der Waals surface area contributed by atoms with Crippen LogP contribution in [0, 0.1) is 0 Å². The topological polar surface area (TPSA) is 65.1 Å². The molecule has 0 aliphatic carbocycles. The molecule has 0 unspecified atom stereocenters. The number of rotatable bonds is 4. The maximum atomic E-state index is 12.7. The Morgan fingerprint density at radius 1 is 1.00 bits per heavy atom. The lowest BCUT2D eigenvalue weighted by Crippen LogP contribution is -2.53. The highest BCUT2D eigenvalue weighted by atomic mass is 16.5. The Morgan fingerprint density at radius 2 is 1.72 bits per heavy atom. The van der Waals surface area contributed by atoms with Crippen LogP contribution in [-0.4, -0.2) is 62.7 Å². The summed E-state index contributed by atoms with van der Waals surface area (Å²) >= 11 is 0. The van der Waals surface area contributed by atoms with Crippen LogP contribution in [0.5, 0.6) is 5.75 Å². The zero-order chi connectivity index (χ0) is 20.2. The van der Waals surface area contributed by atoms with E-state index in [-0.39, 0.29) is 18.0 Å². The monoisotopic (exact) mass is 394 g/mol. The second-order valence-corrected chi connectivity index (χ2v) is 7.37. The lowest BCUT2D eigenvalue weighted by atomic mass is 10.2. The second-order valence-electron chi connectivity index (χ2n) is 7.37. The fourth-order valence-corrected chi connectivity index (χ4v) is 3.90. The van der Waals surface area contributed by atoms with Gasteiger partial charge in [0.15, 0.2) is 0 Å². The maximum absolute atomic E-state index is 12.7. The second kappa shape index (κ2) is 8.43. The van der Waals surface area contributed by atoms with Crippen LogP contribution < -0.4 is 19.9 Å². The largest absolute Gasteiger partial charge is 0.497 e. The van der Waals surface area contributed by atoms with Crippen LogP contribution in [0.4, 0.5) is 16.2 Å². The molecule has 7 nitrogen and oxygen atoms in total. The number of urea groups is 1. The molecule has 0 aromatic heterocycles. The smallest absolute Gasteiger partial charge is 0.317 e. The first-order chi connectivity index (χ1) is 14.1. The van der Waals surface area contributed by atoms with Gasteiger partial charge in [0.05, 0.1) is 13.2 Å². The summed E-state index contributed by atoms with van der Waals surface area (Å²) in [6, 6.07) is 17.4. The SMILES string of the molecule is COc1cccc(N2C[C@H](NC(=O)N3CCN(c4ccccc4)CC3)CC2=O)c1. The van der Waals surface area contributed by atoms with Crippen LogP contribution in [0.2, 0.25) is 0 Å². The standard InChI is InChI=1S/C22H26N4O3/c1-29-20-9-5-8-19(15-20)26-16-17(14-21(26)27)23-22(28)25-12-10-24(11-13-25)18-6-3-2-4-7-18/h2-9,15,17H,10-14,16H2,1H3,(H,23,28)/t17-/m1/s1. The highest BCUT2D eigenvalue weighted by molar-refractivity contribution is 5.97. The maximum Gasteiger partial charge on any atom is 0.317 e. The number of methoxy groups -OCH3 is 1. The van der Waals surface area contributed by atoms with Crippen molar-refractivity contribution in [3.8, 4) is 5.75 Å². The van der Waals surface area contributed by atoms with Crippen LogP contribution in [0.3, 0.4) is 0 Å². The average molecular weight is 394 g/mol. The molecule has 2 aliphatic rings. The number of carbonyl (C=O) groups is 2. The van der Waals surface area contributed by atoms with Crippen LogP contribution in [0.25, 0.3) is 0 Å². The molecule has 152 valence electrons. The Kier molecular flexibility index (Phi) is 5.55. The first-order valence-corrected chi connectivity index (χ1v) is 9.94. The molecule has 1 N–H and O–H groups in total. The Hall–Kier alpha value is -3.22. The minimum absolute atomic E-state index is 0.0115.